The summed E-state index contributed by atoms with van der Waals surface area (Å²) < 4.78 is 5.19. The van der Waals surface area contributed by atoms with Gasteiger partial charge in [-0.1, -0.05) is 0 Å². The van der Waals surface area contributed by atoms with Crippen molar-refractivity contribution in [2.45, 2.75) is 51.7 Å². The molecule has 4 nitrogen and oxygen atoms in total. The highest BCUT2D eigenvalue weighted by molar-refractivity contribution is 5.81. The van der Waals surface area contributed by atoms with Crippen LogP contribution in [0, 0.1) is 0 Å². The number of hydrogen-bond acceptors (Lipinski definition) is 4. The lowest BCUT2D eigenvalue weighted by atomic mass is 10.0. The summed E-state index contributed by atoms with van der Waals surface area (Å²) >= 11 is 0. The summed E-state index contributed by atoms with van der Waals surface area (Å²) in [5.74, 6) is -0.0167. The molecule has 0 aromatic carbocycles. The van der Waals surface area contributed by atoms with Gasteiger partial charge in [0.15, 0.2) is 0 Å². The maximum atomic E-state index is 11.5. The van der Waals surface area contributed by atoms with E-state index in [9.17, 15) is 9.59 Å². The van der Waals surface area contributed by atoms with Crippen molar-refractivity contribution in [2.75, 3.05) is 6.54 Å². The number of carbonyl (C=O) groups excluding carboxylic acids is 2. The zero-order valence-electron chi connectivity index (χ0n) is 9.63. The molecule has 0 aromatic rings. The minimum Gasteiger partial charge on any atom is -0.460 e. The first kappa shape index (κ1) is 12.2. The normalized spacial score (nSPS) is 22.6. The van der Waals surface area contributed by atoms with Crippen LogP contribution < -0.4 is 5.32 Å². The molecular weight excluding hydrogens is 194 g/mol. The Morgan fingerprint density at radius 1 is 1.53 bits per heavy atom. The largest absolute Gasteiger partial charge is 0.460 e. The lowest BCUT2D eigenvalue weighted by Crippen LogP contribution is -2.40. The fourth-order valence-electron chi connectivity index (χ4n) is 1.59. The maximum absolute atomic E-state index is 11.5. The number of nitrogens with one attached hydrogen (secondary N) is 1. The van der Waals surface area contributed by atoms with Gasteiger partial charge in [-0.3, -0.25) is 9.59 Å². The molecule has 0 amide bonds. The van der Waals surface area contributed by atoms with E-state index in [0.29, 0.717) is 19.4 Å². The van der Waals surface area contributed by atoms with Crippen molar-refractivity contribution >= 4 is 11.8 Å². The summed E-state index contributed by atoms with van der Waals surface area (Å²) in [5, 5.41) is 3.14. The summed E-state index contributed by atoms with van der Waals surface area (Å²) in [6.07, 6.45) is 1.30. The van der Waals surface area contributed by atoms with Crippen LogP contribution in [0.5, 0.6) is 0 Å². The number of Topliss-reactive ketones (excluding diaryl/α,β-unsaturated/α-hetero) is 1. The SMILES string of the molecule is CC(C)(C)OC(=O)CC1CC(=O)CCN1. The van der Waals surface area contributed by atoms with Gasteiger partial charge in [-0.05, 0) is 20.8 Å². The smallest absolute Gasteiger partial charge is 0.307 e. The number of rotatable bonds is 2. The van der Waals surface area contributed by atoms with Crippen molar-refractivity contribution in [3.63, 3.8) is 0 Å². The van der Waals surface area contributed by atoms with Crippen LogP contribution in [0.2, 0.25) is 0 Å². The Morgan fingerprint density at radius 3 is 2.73 bits per heavy atom. The molecule has 1 atom stereocenters. The van der Waals surface area contributed by atoms with Gasteiger partial charge in [-0.25, -0.2) is 0 Å². The van der Waals surface area contributed by atoms with Gasteiger partial charge in [0.25, 0.3) is 0 Å². The van der Waals surface area contributed by atoms with Crippen LogP contribution in [0.25, 0.3) is 0 Å². The van der Waals surface area contributed by atoms with Gasteiger partial charge in [-0.15, -0.1) is 0 Å². The minimum atomic E-state index is -0.449. The molecule has 0 aromatic heterocycles. The van der Waals surface area contributed by atoms with Crippen molar-refractivity contribution in [3.05, 3.63) is 0 Å². The Balaban J connectivity index is 2.34. The molecule has 0 spiro atoms. The average Bonchev–Trinajstić information content (AvgIpc) is 1.99. The van der Waals surface area contributed by atoms with Gasteiger partial charge < -0.3 is 10.1 Å². The lowest BCUT2D eigenvalue weighted by Gasteiger charge is -2.24. The highest BCUT2D eigenvalue weighted by Crippen LogP contribution is 2.12. The number of carbonyl (C=O) groups is 2. The standard InChI is InChI=1S/C11H19NO3/c1-11(2,3)15-10(14)7-8-6-9(13)4-5-12-8/h8,12H,4-7H2,1-3H3. The predicted molar refractivity (Wildman–Crippen MR) is 56.5 cm³/mol. The summed E-state index contributed by atoms with van der Waals surface area (Å²) in [5.41, 5.74) is -0.449. The highest BCUT2D eigenvalue weighted by atomic mass is 16.6. The Morgan fingerprint density at radius 2 is 2.20 bits per heavy atom. The van der Waals surface area contributed by atoms with Gasteiger partial charge in [0.1, 0.15) is 11.4 Å². The van der Waals surface area contributed by atoms with Crippen molar-refractivity contribution < 1.29 is 14.3 Å². The maximum Gasteiger partial charge on any atom is 0.307 e. The third-order valence-electron chi connectivity index (χ3n) is 2.14. The molecule has 1 aliphatic rings. The fourth-order valence-corrected chi connectivity index (χ4v) is 1.59. The van der Waals surface area contributed by atoms with Gasteiger partial charge in [0, 0.05) is 25.4 Å². The molecule has 1 N–H and O–H groups in total. The molecule has 1 unspecified atom stereocenters. The van der Waals surface area contributed by atoms with E-state index >= 15 is 0 Å². The second-order valence-electron chi connectivity index (χ2n) is 4.93. The van der Waals surface area contributed by atoms with Crippen molar-refractivity contribution in [2.24, 2.45) is 0 Å². The summed E-state index contributed by atoms with van der Waals surface area (Å²) in [6, 6.07) is -0.0406. The van der Waals surface area contributed by atoms with Gasteiger partial charge in [0.05, 0.1) is 6.42 Å². The van der Waals surface area contributed by atoms with Crippen LogP contribution in [0.3, 0.4) is 0 Å². The number of esters is 1. The molecule has 1 saturated heterocycles. The molecule has 4 heteroatoms. The van der Waals surface area contributed by atoms with Crippen LogP contribution in [0.1, 0.15) is 40.0 Å². The molecule has 0 bridgehead atoms. The Labute approximate surface area is 90.4 Å². The summed E-state index contributed by atoms with van der Waals surface area (Å²) in [7, 11) is 0. The third-order valence-corrected chi connectivity index (χ3v) is 2.14. The van der Waals surface area contributed by atoms with Crippen LogP contribution in [-0.4, -0.2) is 29.9 Å². The number of ether oxygens (including phenoxy) is 1. The molecule has 0 saturated carbocycles. The highest BCUT2D eigenvalue weighted by Gasteiger charge is 2.24. The predicted octanol–water partition coefficient (Wildman–Crippen LogP) is 1.04. The van der Waals surface area contributed by atoms with E-state index in [-0.39, 0.29) is 24.2 Å². The van der Waals surface area contributed by atoms with E-state index in [1.807, 2.05) is 20.8 Å². The molecule has 0 aliphatic carbocycles. The first-order valence-corrected chi connectivity index (χ1v) is 5.34. The van der Waals surface area contributed by atoms with Gasteiger partial charge in [-0.2, -0.15) is 0 Å². The van der Waals surface area contributed by atoms with E-state index in [0.717, 1.165) is 0 Å². The van der Waals surface area contributed by atoms with E-state index in [4.69, 9.17) is 4.74 Å². The minimum absolute atomic E-state index is 0.0406. The molecule has 1 aliphatic heterocycles. The first-order chi connectivity index (χ1) is 6.87. The second kappa shape index (κ2) is 4.75. The van der Waals surface area contributed by atoms with Crippen LogP contribution in [-0.2, 0) is 14.3 Å². The van der Waals surface area contributed by atoms with Crippen molar-refractivity contribution in [1.82, 2.24) is 5.32 Å². The van der Waals surface area contributed by atoms with Crippen LogP contribution in [0.4, 0.5) is 0 Å². The molecule has 15 heavy (non-hydrogen) atoms. The molecule has 86 valence electrons. The second-order valence-corrected chi connectivity index (χ2v) is 4.93. The molecular formula is C11H19NO3. The van der Waals surface area contributed by atoms with E-state index < -0.39 is 5.60 Å². The van der Waals surface area contributed by atoms with Crippen molar-refractivity contribution in [3.8, 4) is 0 Å². The summed E-state index contributed by atoms with van der Waals surface area (Å²) in [4.78, 5) is 22.6. The van der Waals surface area contributed by atoms with Crippen molar-refractivity contribution in [1.29, 1.82) is 0 Å². The Hall–Kier alpha value is -0.900. The number of hydrogen-bond donors (Lipinski definition) is 1. The van der Waals surface area contributed by atoms with Gasteiger partial charge >= 0.3 is 5.97 Å². The first-order valence-electron chi connectivity index (χ1n) is 5.34. The topological polar surface area (TPSA) is 55.4 Å². The van der Waals surface area contributed by atoms with E-state index in [1.54, 1.807) is 0 Å². The zero-order valence-corrected chi connectivity index (χ0v) is 9.63. The van der Waals surface area contributed by atoms with Crippen LogP contribution in [0.15, 0.2) is 0 Å². The lowest BCUT2D eigenvalue weighted by molar-refractivity contribution is -0.155. The Bertz CT molecular complexity index is 255. The third kappa shape index (κ3) is 4.93. The summed E-state index contributed by atoms with van der Waals surface area (Å²) in [6.45, 7) is 6.19. The quantitative estimate of drug-likeness (QED) is 0.696. The van der Waals surface area contributed by atoms with E-state index in [2.05, 4.69) is 5.32 Å². The van der Waals surface area contributed by atoms with Gasteiger partial charge in [0.2, 0.25) is 0 Å². The van der Waals surface area contributed by atoms with E-state index in [1.165, 1.54) is 0 Å². The van der Waals surface area contributed by atoms with Crippen LogP contribution >= 0.6 is 0 Å². The fraction of sp³-hybridized carbons (Fsp3) is 0.818. The molecule has 1 rings (SSSR count). The Kier molecular flexibility index (Phi) is 3.85. The molecule has 0 radical (unpaired) electrons. The average molecular weight is 213 g/mol. The zero-order chi connectivity index (χ0) is 11.5. The molecule has 1 heterocycles. The number of ketones is 1. The molecule has 1 fully saturated rings. The monoisotopic (exact) mass is 213 g/mol. The number of piperidine rings is 1.